The lowest BCUT2D eigenvalue weighted by Crippen LogP contribution is -2.16. The molecule has 0 unspecified atom stereocenters. The Labute approximate surface area is 113 Å². The molecule has 0 saturated carbocycles. The molecule has 17 heavy (non-hydrogen) atoms. The molecule has 86 valence electrons. The summed E-state index contributed by atoms with van der Waals surface area (Å²) in [6.07, 6.45) is 1.60. The minimum atomic E-state index is -0.209. The van der Waals surface area contributed by atoms with Crippen LogP contribution in [0.25, 0.3) is 5.69 Å². The predicted molar refractivity (Wildman–Crippen MR) is 71.5 cm³/mol. The van der Waals surface area contributed by atoms with Crippen LogP contribution in [0, 0.1) is 0 Å². The van der Waals surface area contributed by atoms with Gasteiger partial charge in [0.2, 0.25) is 0 Å². The Balaban J connectivity index is 2.73. The first-order valence-corrected chi connectivity index (χ1v) is 5.76. The molecule has 0 aliphatic rings. The number of hydrogen-bond acceptors (Lipinski definition) is 3. The van der Waals surface area contributed by atoms with E-state index in [1.165, 1.54) is 10.6 Å². The molecule has 3 nitrogen and oxygen atoms in total. The predicted octanol–water partition coefficient (Wildman–Crippen LogP) is 3.51. The van der Waals surface area contributed by atoms with E-state index >= 15 is 0 Å². The molecule has 0 fully saturated rings. The maximum atomic E-state index is 11.7. The van der Waals surface area contributed by atoms with Gasteiger partial charge in [0.05, 0.1) is 21.4 Å². The van der Waals surface area contributed by atoms with Crippen LogP contribution in [0.2, 0.25) is 10.0 Å². The van der Waals surface area contributed by atoms with Crippen molar-refractivity contribution in [2.24, 2.45) is 4.36 Å². The zero-order chi connectivity index (χ0) is 12.4. The highest BCUT2D eigenvalue weighted by Crippen LogP contribution is 2.32. The Kier molecular flexibility index (Phi) is 3.57. The molecule has 2 rings (SSSR count). The highest BCUT2D eigenvalue weighted by Gasteiger charge is 2.10. The molecule has 2 aromatic rings. The fourth-order valence-electron chi connectivity index (χ4n) is 1.45. The molecule has 1 aromatic carbocycles. The zero-order valence-corrected chi connectivity index (χ0v) is 10.8. The fraction of sp³-hybridized carbons (Fsp3) is 0. The highest BCUT2D eigenvalue weighted by atomic mass is 35.5. The molecule has 1 heterocycles. The number of nitrogens with zero attached hydrogens (tertiary/aromatic N) is 2. The number of benzene rings is 1. The Morgan fingerprint density at radius 2 is 1.82 bits per heavy atom. The molecule has 0 amide bonds. The van der Waals surface area contributed by atoms with Crippen molar-refractivity contribution in [2.75, 3.05) is 0 Å². The molecule has 0 atom stereocenters. The lowest BCUT2D eigenvalue weighted by Gasteiger charge is -2.10. The van der Waals surface area contributed by atoms with Crippen molar-refractivity contribution >= 4 is 41.3 Å². The summed E-state index contributed by atoms with van der Waals surface area (Å²) in [5.41, 5.74) is 0.712. The molecule has 6 heteroatoms. The summed E-state index contributed by atoms with van der Waals surface area (Å²) in [5.74, 6) is 0. The summed E-state index contributed by atoms with van der Waals surface area (Å²) in [7, 11) is 0. The van der Waals surface area contributed by atoms with Crippen molar-refractivity contribution in [3.63, 3.8) is 0 Å². The van der Waals surface area contributed by atoms with E-state index < -0.39 is 0 Å². The monoisotopic (exact) mass is 284 g/mol. The molecule has 0 spiro atoms. The van der Waals surface area contributed by atoms with Crippen molar-refractivity contribution in [2.45, 2.75) is 0 Å². The average Bonchev–Trinajstić information content (AvgIpc) is 2.30. The number of pyridine rings is 1. The number of aromatic nitrogens is 1. The van der Waals surface area contributed by atoms with E-state index in [2.05, 4.69) is 16.8 Å². The standard InChI is InChI=1S/C11H6Cl2N2OS/c12-8-5-7(14-17)6-9(13)11(8)15-4-2-1-3-10(15)16/h1-6H. The van der Waals surface area contributed by atoms with Gasteiger partial charge < -0.3 is 0 Å². The van der Waals surface area contributed by atoms with Gasteiger partial charge in [0.1, 0.15) is 0 Å². The van der Waals surface area contributed by atoms with Gasteiger partial charge in [0.25, 0.3) is 5.56 Å². The number of rotatable bonds is 2. The Hall–Kier alpha value is -1.23. The fourth-order valence-corrected chi connectivity index (χ4v) is 2.21. The summed E-state index contributed by atoms with van der Waals surface area (Å²) in [6.45, 7) is 0. The molecule has 0 radical (unpaired) electrons. The third-order valence-electron chi connectivity index (χ3n) is 2.17. The van der Waals surface area contributed by atoms with Gasteiger partial charge in [-0.15, -0.1) is 0 Å². The van der Waals surface area contributed by atoms with Gasteiger partial charge in [-0.1, -0.05) is 29.3 Å². The minimum absolute atomic E-state index is 0.209. The van der Waals surface area contributed by atoms with E-state index in [9.17, 15) is 4.79 Å². The average molecular weight is 285 g/mol. The Bertz CT molecular complexity index is 616. The van der Waals surface area contributed by atoms with Crippen molar-refractivity contribution in [1.29, 1.82) is 0 Å². The van der Waals surface area contributed by atoms with Crippen molar-refractivity contribution < 1.29 is 0 Å². The maximum Gasteiger partial charge on any atom is 0.255 e. The van der Waals surface area contributed by atoms with Gasteiger partial charge in [-0.05, 0) is 18.2 Å². The van der Waals surface area contributed by atoms with Crippen molar-refractivity contribution in [3.8, 4) is 5.69 Å². The van der Waals surface area contributed by atoms with E-state index in [1.54, 1.807) is 30.5 Å². The number of halogens is 2. The van der Waals surface area contributed by atoms with Crippen LogP contribution in [0.1, 0.15) is 0 Å². The second kappa shape index (κ2) is 4.96. The Morgan fingerprint density at radius 1 is 1.18 bits per heavy atom. The summed E-state index contributed by atoms with van der Waals surface area (Å²) >= 11 is 16.7. The van der Waals surface area contributed by atoms with Gasteiger partial charge in [0.15, 0.2) is 0 Å². The first-order valence-electron chi connectivity index (χ1n) is 4.64. The van der Waals surface area contributed by atoms with Crippen molar-refractivity contribution in [3.05, 3.63) is 56.9 Å². The molecule has 0 N–H and O–H groups in total. The maximum absolute atomic E-state index is 11.7. The van der Waals surface area contributed by atoms with Crippen LogP contribution in [0.4, 0.5) is 5.69 Å². The molecule has 0 aliphatic heterocycles. The molecular formula is C11H6Cl2N2OS. The highest BCUT2D eigenvalue weighted by molar-refractivity contribution is 7.47. The number of hydrogen-bond donors (Lipinski definition) is 0. The van der Waals surface area contributed by atoms with Crippen LogP contribution in [0.3, 0.4) is 0 Å². The van der Waals surface area contributed by atoms with Crippen LogP contribution >= 0.6 is 23.2 Å². The summed E-state index contributed by atoms with van der Waals surface area (Å²) < 4.78 is 4.95. The quantitative estimate of drug-likeness (QED) is 0.846. The van der Waals surface area contributed by atoms with E-state index in [1.807, 2.05) is 0 Å². The van der Waals surface area contributed by atoms with Crippen LogP contribution in [0.5, 0.6) is 0 Å². The van der Waals surface area contributed by atoms with Gasteiger partial charge in [-0.25, -0.2) is 0 Å². The first-order chi connectivity index (χ1) is 8.13. The third-order valence-corrected chi connectivity index (χ3v) is 2.96. The van der Waals surface area contributed by atoms with Gasteiger partial charge in [-0.3, -0.25) is 9.36 Å². The van der Waals surface area contributed by atoms with Gasteiger partial charge >= 0.3 is 0 Å². The van der Waals surface area contributed by atoms with E-state index in [4.69, 9.17) is 23.2 Å². The second-order valence-electron chi connectivity index (χ2n) is 3.26. The topological polar surface area (TPSA) is 34.4 Å². The van der Waals surface area contributed by atoms with Gasteiger partial charge in [0, 0.05) is 24.7 Å². The SMILES string of the molecule is O=c1ccccn1-c1c(Cl)cc(N=S)cc1Cl. The van der Waals surface area contributed by atoms with Gasteiger partial charge in [-0.2, -0.15) is 4.36 Å². The van der Waals surface area contributed by atoms with Crippen LogP contribution in [0.15, 0.2) is 45.7 Å². The zero-order valence-electron chi connectivity index (χ0n) is 8.43. The van der Waals surface area contributed by atoms with E-state index in [-0.39, 0.29) is 5.56 Å². The molecule has 1 aromatic heterocycles. The first kappa shape index (κ1) is 12.2. The summed E-state index contributed by atoms with van der Waals surface area (Å²) in [4.78, 5) is 11.7. The van der Waals surface area contributed by atoms with E-state index in [0.717, 1.165) is 0 Å². The van der Waals surface area contributed by atoms with Crippen LogP contribution in [-0.4, -0.2) is 4.57 Å². The lowest BCUT2D eigenvalue weighted by atomic mass is 10.2. The third kappa shape index (κ3) is 2.39. The lowest BCUT2D eigenvalue weighted by molar-refractivity contribution is 0.991. The van der Waals surface area contributed by atoms with E-state index in [0.29, 0.717) is 21.4 Å². The Morgan fingerprint density at radius 3 is 2.35 bits per heavy atom. The molecule has 0 saturated heterocycles. The van der Waals surface area contributed by atoms with Crippen LogP contribution < -0.4 is 5.56 Å². The smallest absolute Gasteiger partial charge is 0.255 e. The largest absolute Gasteiger partial charge is 0.281 e. The normalized spacial score (nSPS) is 10.2. The summed E-state index contributed by atoms with van der Waals surface area (Å²) in [6, 6.07) is 7.93. The minimum Gasteiger partial charge on any atom is -0.281 e. The second-order valence-corrected chi connectivity index (χ2v) is 4.26. The molecule has 0 aliphatic carbocycles. The molecule has 0 bridgehead atoms. The van der Waals surface area contributed by atoms with Crippen molar-refractivity contribution in [1.82, 2.24) is 4.57 Å². The van der Waals surface area contributed by atoms with Crippen LogP contribution in [-0.2, 0) is 12.4 Å². The molecular weight excluding hydrogens is 279 g/mol. The summed E-state index contributed by atoms with van der Waals surface area (Å²) in [5, 5.41) is 0.656.